The van der Waals surface area contributed by atoms with E-state index in [1.807, 2.05) is 61.4 Å². The molecule has 0 aliphatic rings. The van der Waals surface area contributed by atoms with Gasteiger partial charge in [0.05, 0.1) is 13.0 Å². The van der Waals surface area contributed by atoms with Gasteiger partial charge in [-0.15, -0.1) is 11.3 Å². The Kier molecular flexibility index (Phi) is 7.48. The molecule has 0 fully saturated rings. The van der Waals surface area contributed by atoms with Crippen molar-refractivity contribution in [3.05, 3.63) is 46.2 Å². The summed E-state index contributed by atoms with van der Waals surface area (Å²) in [7, 11) is 1.62. The van der Waals surface area contributed by atoms with Gasteiger partial charge in [0.2, 0.25) is 5.91 Å². The van der Waals surface area contributed by atoms with E-state index in [4.69, 9.17) is 15.2 Å². The molecule has 0 radical (unpaired) electrons. The molecule has 1 amide bonds. The molecule has 1 aromatic heterocycles. The second-order valence-electron chi connectivity index (χ2n) is 6.35. The maximum absolute atomic E-state index is 12.6. The van der Waals surface area contributed by atoms with E-state index in [0.29, 0.717) is 31.2 Å². The first-order valence-corrected chi connectivity index (χ1v) is 9.70. The van der Waals surface area contributed by atoms with Crippen molar-refractivity contribution in [1.82, 2.24) is 4.90 Å². The van der Waals surface area contributed by atoms with Gasteiger partial charge in [0.25, 0.3) is 0 Å². The third-order valence-electron chi connectivity index (χ3n) is 4.42. The summed E-state index contributed by atoms with van der Waals surface area (Å²) in [6, 6.07) is 9.67. The summed E-state index contributed by atoms with van der Waals surface area (Å²) in [5, 5.41) is 2.03. The minimum Gasteiger partial charge on any atom is -0.493 e. The van der Waals surface area contributed by atoms with Crippen molar-refractivity contribution in [2.75, 3.05) is 13.7 Å². The van der Waals surface area contributed by atoms with E-state index in [1.54, 1.807) is 18.4 Å². The van der Waals surface area contributed by atoms with Gasteiger partial charge in [0.15, 0.2) is 11.5 Å². The van der Waals surface area contributed by atoms with Crippen molar-refractivity contribution in [2.45, 2.75) is 40.0 Å². The number of carbonyl (C=O) groups excluding carboxylic acids is 1. The third kappa shape index (κ3) is 5.22. The molecule has 1 heterocycles. The van der Waals surface area contributed by atoms with Gasteiger partial charge in [-0.2, -0.15) is 0 Å². The molecule has 26 heavy (non-hydrogen) atoms. The van der Waals surface area contributed by atoms with E-state index in [0.717, 1.165) is 10.4 Å². The number of hydrogen-bond donors (Lipinski definition) is 1. The Bertz CT molecular complexity index is 701. The van der Waals surface area contributed by atoms with Crippen LogP contribution in [-0.4, -0.2) is 30.5 Å². The summed E-state index contributed by atoms with van der Waals surface area (Å²) in [5.41, 5.74) is 6.88. The number of thiophene rings is 1. The third-order valence-corrected chi connectivity index (χ3v) is 5.27. The maximum Gasteiger partial charge on any atom is 0.227 e. The highest BCUT2D eigenvalue weighted by molar-refractivity contribution is 7.09. The lowest BCUT2D eigenvalue weighted by molar-refractivity contribution is -0.135. The molecule has 2 aromatic rings. The average molecular weight is 377 g/mol. The van der Waals surface area contributed by atoms with E-state index in [2.05, 4.69) is 0 Å². The first-order chi connectivity index (χ1) is 12.5. The van der Waals surface area contributed by atoms with Gasteiger partial charge < -0.3 is 20.1 Å². The molecule has 0 aliphatic heterocycles. The highest BCUT2D eigenvalue weighted by atomic mass is 32.1. The van der Waals surface area contributed by atoms with Crippen LogP contribution in [0.3, 0.4) is 0 Å². The predicted molar refractivity (Wildman–Crippen MR) is 106 cm³/mol. The molecule has 0 aliphatic carbocycles. The number of nitrogens with zero attached hydrogens (tertiary/aromatic N) is 1. The second-order valence-corrected chi connectivity index (χ2v) is 7.39. The smallest absolute Gasteiger partial charge is 0.227 e. The molecule has 1 aromatic carbocycles. The van der Waals surface area contributed by atoms with Crippen LogP contribution in [0.25, 0.3) is 0 Å². The van der Waals surface area contributed by atoms with Crippen LogP contribution in [0, 0.1) is 5.92 Å². The largest absolute Gasteiger partial charge is 0.493 e. The summed E-state index contributed by atoms with van der Waals surface area (Å²) in [6.45, 7) is 7.38. The fourth-order valence-electron chi connectivity index (χ4n) is 2.55. The SMILES string of the molecule is CCN(Cc1ccc(OCc2cccs2)c(OC)c1)C(=O)C(C)C(C)N. The van der Waals surface area contributed by atoms with Crippen LogP contribution in [0.1, 0.15) is 31.2 Å². The summed E-state index contributed by atoms with van der Waals surface area (Å²) in [6.07, 6.45) is 0. The molecular weight excluding hydrogens is 348 g/mol. The Morgan fingerprint density at radius 1 is 1.27 bits per heavy atom. The Morgan fingerprint density at radius 3 is 2.62 bits per heavy atom. The van der Waals surface area contributed by atoms with Gasteiger partial charge in [-0.25, -0.2) is 0 Å². The minimum absolute atomic E-state index is 0.0690. The van der Waals surface area contributed by atoms with E-state index in [-0.39, 0.29) is 17.9 Å². The molecule has 2 unspecified atom stereocenters. The Balaban J connectivity index is 2.08. The topological polar surface area (TPSA) is 64.8 Å². The molecule has 5 nitrogen and oxygen atoms in total. The van der Waals surface area contributed by atoms with Crippen molar-refractivity contribution in [2.24, 2.45) is 11.7 Å². The summed E-state index contributed by atoms with van der Waals surface area (Å²) in [5.74, 6) is 1.23. The van der Waals surface area contributed by atoms with Gasteiger partial charge in [-0.1, -0.05) is 19.1 Å². The zero-order chi connectivity index (χ0) is 19.1. The summed E-state index contributed by atoms with van der Waals surface area (Å²) in [4.78, 5) is 15.5. The van der Waals surface area contributed by atoms with E-state index >= 15 is 0 Å². The zero-order valence-electron chi connectivity index (χ0n) is 15.9. The molecule has 142 valence electrons. The number of methoxy groups -OCH3 is 1. The van der Waals surface area contributed by atoms with Gasteiger partial charge >= 0.3 is 0 Å². The van der Waals surface area contributed by atoms with Crippen molar-refractivity contribution in [1.29, 1.82) is 0 Å². The molecule has 2 atom stereocenters. The lowest BCUT2D eigenvalue weighted by Crippen LogP contribution is -2.41. The Hall–Kier alpha value is -2.05. The lowest BCUT2D eigenvalue weighted by atomic mass is 10.0. The first-order valence-electron chi connectivity index (χ1n) is 8.82. The lowest BCUT2D eigenvalue weighted by Gasteiger charge is -2.26. The summed E-state index contributed by atoms with van der Waals surface area (Å²) >= 11 is 1.66. The van der Waals surface area contributed by atoms with Crippen LogP contribution in [0.15, 0.2) is 35.7 Å². The minimum atomic E-state index is -0.203. The van der Waals surface area contributed by atoms with Crippen molar-refractivity contribution < 1.29 is 14.3 Å². The van der Waals surface area contributed by atoms with E-state index in [1.165, 1.54) is 0 Å². The molecule has 2 N–H and O–H groups in total. The highest BCUT2D eigenvalue weighted by Crippen LogP contribution is 2.30. The number of carbonyl (C=O) groups is 1. The monoisotopic (exact) mass is 376 g/mol. The quantitative estimate of drug-likeness (QED) is 0.725. The number of rotatable bonds is 9. The standard InChI is InChI=1S/C20H28N2O3S/c1-5-22(20(23)14(2)15(3)21)12-16-8-9-18(19(11-16)24-4)25-13-17-7-6-10-26-17/h6-11,14-15H,5,12-13,21H2,1-4H3. The van der Waals surface area contributed by atoms with Gasteiger partial charge in [-0.3, -0.25) is 4.79 Å². The summed E-state index contributed by atoms with van der Waals surface area (Å²) < 4.78 is 11.3. The van der Waals surface area contributed by atoms with Crippen molar-refractivity contribution in [3.8, 4) is 11.5 Å². The van der Waals surface area contributed by atoms with E-state index < -0.39 is 0 Å². The fourth-order valence-corrected chi connectivity index (χ4v) is 3.17. The molecule has 0 saturated carbocycles. The van der Waals surface area contributed by atoms with Crippen LogP contribution < -0.4 is 15.2 Å². The fraction of sp³-hybridized carbons (Fsp3) is 0.450. The van der Waals surface area contributed by atoms with Crippen LogP contribution in [0.2, 0.25) is 0 Å². The molecule has 6 heteroatoms. The number of nitrogens with two attached hydrogens (primary N) is 1. The number of amides is 1. The van der Waals surface area contributed by atoms with Crippen LogP contribution in [0.5, 0.6) is 11.5 Å². The zero-order valence-corrected chi connectivity index (χ0v) is 16.7. The molecular formula is C20H28N2O3S. The highest BCUT2D eigenvalue weighted by Gasteiger charge is 2.22. The van der Waals surface area contributed by atoms with Crippen LogP contribution >= 0.6 is 11.3 Å². The van der Waals surface area contributed by atoms with Gasteiger partial charge in [-0.05, 0) is 43.0 Å². The Labute approximate surface area is 159 Å². The normalized spacial score (nSPS) is 13.1. The van der Waals surface area contributed by atoms with E-state index in [9.17, 15) is 4.79 Å². The van der Waals surface area contributed by atoms with Crippen LogP contribution in [-0.2, 0) is 17.9 Å². The van der Waals surface area contributed by atoms with Gasteiger partial charge in [0, 0.05) is 24.0 Å². The van der Waals surface area contributed by atoms with Gasteiger partial charge in [0.1, 0.15) is 6.61 Å². The first kappa shape index (κ1) is 20.3. The predicted octanol–water partition coefficient (Wildman–Crippen LogP) is 3.67. The number of ether oxygens (including phenoxy) is 2. The van der Waals surface area contributed by atoms with Crippen LogP contribution in [0.4, 0.5) is 0 Å². The van der Waals surface area contributed by atoms with Crippen molar-refractivity contribution >= 4 is 17.2 Å². The van der Waals surface area contributed by atoms with Crippen molar-refractivity contribution in [3.63, 3.8) is 0 Å². The average Bonchev–Trinajstić information content (AvgIpc) is 3.17. The number of hydrogen-bond acceptors (Lipinski definition) is 5. The number of benzene rings is 1. The molecule has 0 spiro atoms. The molecule has 0 saturated heterocycles. The molecule has 2 rings (SSSR count). The Morgan fingerprint density at radius 2 is 2.04 bits per heavy atom. The maximum atomic E-state index is 12.6. The second kappa shape index (κ2) is 9.59. The molecule has 0 bridgehead atoms.